The minimum absolute atomic E-state index is 0.0189. The number of aryl methyl sites for hydroxylation is 9. The lowest BCUT2D eigenvalue weighted by molar-refractivity contribution is 0.407. The van der Waals surface area contributed by atoms with E-state index in [9.17, 15) is 0 Å². The van der Waals surface area contributed by atoms with Gasteiger partial charge < -0.3 is 9.47 Å². The average molecular weight is 623 g/mol. The molecule has 0 aromatic heterocycles. The van der Waals surface area contributed by atoms with Crippen molar-refractivity contribution in [2.45, 2.75) is 122 Å². The van der Waals surface area contributed by atoms with Crippen molar-refractivity contribution in [1.29, 1.82) is 0 Å². The first-order valence-electron chi connectivity index (χ1n) is 16.8. The van der Waals surface area contributed by atoms with Crippen molar-refractivity contribution >= 4 is 0 Å². The summed E-state index contributed by atoms with van der Waals surface area (Å²) in [6, 6.07) is 18.2. The first kappa shape index (κ1) is 38.7. The maximum atomic E-state index is 5.54. The minimum atomic E-state index is 0.0189. The molecule has 1 unspecified atom stereocenters. The topological polar surface area (TPSA) is 18.5 Å². The fraction of sp³-hybridized carbons (Fsp3) is 0.455. The van der Waals surface area contributed by atoms with Crippen molar-refractivity contribution in [3.05, 3.63) is 126 Å². The number of methoxy groups -OCH3 is 2. The third-order valence-electron chi connectivity index (χ3n) is 10.00. The molecule has 1 atom stereocenters. The third kappa shape index (κ3) is 9.05. The van der Waals surface area contributed by atoms with Gasteiger partial charge in [-0.05, 0) is 161 Å². The van der Waals surface area contributed by atoms with Crippen LogP contribution in [0.5, 0.6) is 11.5 Å². The van der Waals surface area contributed by atoms with Crippen LogP contribution in [0.2, 0.25) is 0 Å². The first-order valence-corrected chi connectivity index (χ1v) is 16.8. The van der Waals surface area contributed by atoms with Crippen molar-refractivity contribution < 1.29 is 9.47 Å². The Bertz CT molecular complexity index is 1550. The van der Waals surface area contributed by atoms with E-state index < -0.39 is 0 Å². The zero-order valence-electron chi connectivity index (χ0n) is 32.2. The van der Waals surface area contributed by atoms with Gasteiger partial charge in [0.1, 0.15) is 11.5 Å². The Morgan fingerprint density at radius 3 is 1.11 bits per heavy atom. The van der Waals surface area contributed by atoms with E-state index in [4.69, 9.17) is 9.47 Å². The molecule has 0 spiro atoms. The molecule has 46 heavy (non-hydrogen) atoms. The van der Waals surface area contributed by atoms with E-state index in [2.05, 4.69) is 152 Å². The largest absolute Gasteiger partial charge is 0.496 e. The van der Waals surface area contributed by atoms with Gasteiger partial charge in [-0.1, -0.05) is 81.8 Å². The van der Waals surface area contributed by atoms with Crippen LogP contribution in [-0.2, 0) is 5.41 Å². The standard InChI is InChI=1S/C22H30O.C12H18.C10H14O/c1-9-22(7,19-10-14(2)18(6)15(3)11-19)20-12-16(4)21(23-8)17(5)13-20;1-8(2)12-6-9(3)11(5)10(4)7-12;1-7-5-8(2)10(11-4)9(3)6-7/h10-13H,9H2,1-8H3;6-8H,1-5H3;5-6H,1-4H3. The van der Waals surface area contributed by atoms with Gasteiger partial charge in [0.15, 0.2) is 0 Å². The van der Waals surface area contributed by atoms with Gasteiger partial charge in [0.2, 0.25) is 0 Å². The Labute approximate surface area is 282 Å². The second-order valence-corrected chi connectivity index (χ2v) is 13.9. The highest BCUT2D eigenvalue weighted by molar-refractivity contribution is 5.51. The van der Waals surface area contributed by atoms with Crippen molar-refractivity contribution in [3.63, 3.8) is 0 Å². The highest BCUT2D eigenvalue weighted by atomic mass is 16.5. The molecular weight excluding hydrogens is 560 g/mol. The van der Waals surface area contributed by atoms with E-state index in [1.807, 2.05) is 0 Å². The molecular formula is C44H62O2. The van der Waals surface area contributed by atoms with E-state index in [0.29, 0.717) is 5.92 Å². The Morgan fingerprint density at radius 2 is 0.804 bits per heavy atom. The second kappa shape index (κ2) is 16.3. The van der Waals surface area contributed by atoms with Gasteiger partial charge in [0.25, 0.3) is 0 Å². The van der Waals surface area contributed by atoms with Gasteiger partial charge >= 0.3 is 0 Å². The van der Waals surface area contributed by atoms with Crippen LogP contribution in [0.3, 0.4) is 0 Å². The molecule has 0 saturated heterocycles. The van der Waals surface area contributed by atoms with Crippen LogP contribution in [0.4, 0.5) is 0 Å². The molecule has 2 heteroatoms. The molecule has 2 nitrogen and oxygen atoms in total. The SMILES string of the molecule is CCC(C)(c1cc(C)c(C)c(C)c1)c1cc(C)c(OC)c(C)c1.COc1c(C)cc(C)cc1C.Cc1cc(C(C)C)cc(C)c1C. The summed E-state index contributed by atoms with van der Waals surface area (Å²) in [5.74, 6) is 2.65. The summed E-state index contributed by atoms with van der Waals surface area (Å²) in [4.78, 5) is 0. The van der Waals surface area contributed by atoms with Crippen molar-refractivity contribution in [3.8, 4) is 11.5 Å². The Balaban J connectivity index is 0.000000268. The van der Waals surface area contributed by atoms with Crippen LogP contribution in [0, 0.1) is 76.2 Å². The van der Waals surface area contributed by atoms with Crippen LogP contribution in [0.25, 0.3) is 0 Å². The lowest BCUT2D eigenvalue weighted by Crippen LogP contribution is -2.23. The Kier molecular flexibility index (Phi) is 13.7. The van der Waals surface area contributed by atoms with Gasteiger partial charge in [-0.3, -0.25) is 0 Å². The molecule has 0 fully saturated rings. The van der Waals surface area contributed by atoms with Crippen LogP contribution in [0.1, 0.15) is 118 Å². The third-order valence-corrected chi connectivity index (χ3v) is 10.00. The van der Waals surface area contributed by atoms with Crippen molar-refractivity contribution in [2.24, 2.45) is 0 Å². The first-order chi connectivity index (χ1) is 21.4. The summed E-state index contributed by atoms with van der Waals surface area (Å²) in [7, 11) is 3.46. The summed E-state index contributed by atoms with van der Waals surface area (Å²) in [5.41, 5.74) is 18.8. The molecule has 0 saturated carbocycles. The summed E-state index contributed by atoms with van der Waals surface area (Å²) in [6.45, 7) is 32.8. The second-order valence-electron chi connectivity index (χ2n) is 13.9. The lowest BCUT2D eigenvalue weighted by atomic mass is 9.72. The van der Waals surface area contributed by atoms with Gasteiger partial charge in [0, 0.05) is 5.41 Å². The molecule has 0 N–H and O–H groups in total. The molecule has 0 aliphatic heterocycles. The van der Waals surface area contributed by atoms with Crippen LogP contribution in [-0.4, -0.2) is 14.2 Å². The van der Waals surface area contributed by atoms with E-state index in [1.54, 1.807) is 14.2 Å². The normalized spacial score (nSPS) is 12.0. The Morgan fingerprint density at radius 1 is 0.500 bits per heavy atom. The zero-order chi connectivity index (χ0) is 35.1. The molecule has 4 rings (SSSR count). The van der Waals surface area contributed by atoms with E-state index in [0.717, 1.165) is 17.9 Å². The zero-order valence-corrected chi connectivity index (χ0v) is 32.2. The van der Waals surface area contributed by atoms with Crippen molar-refractivity contribution in [2.75, 3.05) is 14.2 Å². The molecule has 250 valence electrons. The maximum absolute atomic E-state index is 5.54. The molecule has 0 radical (unpaired) electrons. The van der Waals surface area contributed by atoms with Crippen molar-refractivity contribution in [1.82, 2.24) is 0 Å². The van der Waals surface area contributed by atoms with E-state index in [1.165, 1.54) is 77.9 Å². The number of rotatable bonds is 6. The minimum Gasteiger partial charge on any atom is -0.496 e. The summed E-state index contributed by atoms with van der Waals surface area (Å²) < 4.78 is 10.8. The fourth-order valence-electron chi connectivity index (χ4n) is 6.41. The van der Waals surface area contributed by atoms with Gasteiger partial charge in [-0.2, -0.15) is 0 Å². The highest BCUT2D eigenvalue weighted by Crippen LogP contribution is 2.39. The van der Waals surface area contributed by atoms with Crippen LogP contribution >= 0.6 is 0 Å². The molecule has 0 amide bonds. The van der Waals surface area contributed by atoms with Crippen LogP contribution < -0.4 is 9.47 Å². The number of ether oxygens (including phenoxy) is 2. The molecule has 0 bridgehead atoms. The number of hydrogen-bond donors (Lipinski definition) is 0. The fourth-order valence-corrected chi connectivity index (χ4v) is 6.41. The predicted octanol–water partition coefficient (Wildman–Crippen LogP) is 12.3. The quantitative estimate of drug-likeness (QED) is 0.213. The number of benzene rings is 4. The summed E-state index contributed by atoms with van der Waals surface area (Å²) in [6.07, 6.45) is 1.07. The maximum Gasteiger partial charge on any atom is 0.124 e. The molecule has 4 aromatic rings. The predicted molar refractivity (Wildman–Crippen MR) is 202 cm³/mol. The molecule has 0 aliphatic carbocycles. The van der Waals surface area contributed by atoms with E-state index in [-0.39, 0.29) is 5.41 Å². The van der Waals surface area contributed by atoms with E-state index >= 15 is 0 Å². The number of hydrogen-bond acceptors (Lipinski definition) is 2. The lowest BCUT2D eigenvalue weighted by Gasteiger charge is -2.32. The van der Waals surface area contributed by atoms with Gasteiger partial charge in [-0.15, -0.1) is 0 Å². The molecule has 0 heterocycles. The summed E-state index contributed by atoms with van der Waals surface area (Å²) in [5, 5.41) is 0. The summed E-state index contributed by atoms with van der Waals surface area (Å²) >= 11 is 0. The smallest absolute Gasteiger partial charge is 0.124 e. The average Bonchev–Trinajstić information content (AvgIpc) is 2.97. The highest BCUT2D eigenvalue weighted by Gasteiger charge is 2.29. The van der Waals surface area contributed by atoms with Gasteiger partial charge in [0.05, 0.1) is 14.2 Å². The molecule has 0 aliphatic rings. The Hall–Kier alpha value is -3.52. The molecule has 4 aromatic carbocycles. The monoisotopic (exact) mass is 622 g/mol. The van der Waals surface area contributed by atoms with Gasteiger partial charge in [-0.25, -0.2) is 0 Å². The van der Waals surface area contributed by atoms with Crippen LogP contribution in [0.15, 0.2) is 48.5 Å².